The van der Waals surface area contributed by atoms with E-state index in [0.29, 0.717) is 25.1 Å². The topological polar surface area (TPSA) is 75.4 Å². The molecule has 100 valence electrons. The van der Waals surface area contributed by atoms with Crippen LogP contribution in [0.2, 0.25) is 0 Å². The molecule has 0 radical (unpaired) electrons. The first-order valence-corrected chi connectivity index (χ1v) is 6.13. The van der Waals surface area contributed by atoms with Crippen LogP contribution in [0.15, 0.2) is 18.2 Å². The molecule has 5 nitrogen and oxygen atoms in total. The van der Waals surface area contributed by atoms with Crippen molar-refractivity contribution in [1.29, 1.82) is 0 Å². The van der Waals surface area contributed by atoms with E-state index in [2.05, 4.69) is 5.32 Å². The van der Waals surface area contributed by atoms with E-state index in [4.69, 9.17) is 0 Å². The maximum Gasteiger partial charge on any atom is 0.292 e. The van der Waals surface area contributed by atoms with E-state index in [1.165, 1.54) is 6.07 Å². The lowest BCUT2D eigenvalue weighted by Gasteiger charge is -2.25. The Labute approximate surface area is 107 Å². The number of aryl methyl sites for hydroxylation is 1. The summed E-state index contributed by atoms with van der Waals surface area (Å²) in [6, 6.07) is 4.91. The monoisotopic (exact) mass is 252 g/mol. The van der Waals surface area contributed by atoms with E-state index in [9.17, 15) is 15.2 Å². The molecule has 1 aromatic carbocycles. The van der Waals surface area contributed by atoms with Crippen LogP contribution < -0.4 is 5.32 Å². The van der Waals surface area contributed by atoms with Gasteiger partial charge >= 0.3 is 0 Å². The number of benzene rings is 1. The van der Waals surface area contributed by atoms with Gasteiger partial charge in [-0.25, -0.2) is 0 Å². The SMILES string of the molecule is CCC(O)(CC)CNc1cc(C)ccc1[N+](=O)[O-]. The fourth-order valence-corrected chi connectivity index (χ4v) is 1.71. The van der Waals surface area contributed by atoms with Crippen molar-refractivity contribution in [2.24, 2.45) is 0 Å². The summed E-state index contributed by atoms with van der Waals surface area (Å²) < 4.78 is 0. The Hall–Kier alpha value is -1.62. The van der Waals surface area contributed by atoms with Crippen molar-refractivity contribution in [3.63, 3.8) is 0 Å². The summed E-state index contributed by atoms with van der Waals surface area (Å²) in [5, 5.41) is 24.0. The van der Waals surface area contributed by atoms with Crippen LogP contribution in [0.3, 0.4) is 0 Å². The maximum atomic E-state index is 10.9. The predicted molar refractivity (Wildman–Crippen MR) is 71.9 cm³/mol. The van der Waals surface area contributed by atoms with Gasteiger partial charge in [-0.15, -0.1) is 0 Å². The molecule has 5 heteroatoms. The number of nitro benzene ring substituents is 1. The Morgan fingerprint density at radius 2 is 2.00 bits per heavy atom. The van der Waals surface area contributed by atoms with Crippen molar-refractivity contribution in [2.75, 3.05) is 11.9 Å². The highest BCUT2D eigenvalue weighted by Gasteiger charge is 2.23. The molecule has 0 bridgehead atoms. The molecule has 0 spiro atoms. The molecular formula is C13H20N2O3. The Morgan fingerprint density at radius 3 is 2.50 bits per heavy atom. The summed E-state index contributed by atoms with van der Waals surface area (Å²) in [7, 11) is 0. The molecule has 0 fully saturated rings. The number of hydrogen-bond acceptors (Lipinski definition) is 4. The summed E-state index contributed by atoms with van der Waals surface area (Å²) in [5.41, 5.74) is 0.618. The largest absolute Gasteiger partial charge is 0.388 e. The van der Waals surface area contributed by atoms with Gasteiger partial charge in [0.1, 0.15) is 5.69 Å². The van der Waals surface area contributed by atoms with Crippen LogP contribution in [0.1, 0.15) is 32.3 Å². The predicted octanol–water partition coefficient (Wildman–Crippen LogP) is 2.87. The van der Waals surface area contributed by atoms with Crippen LogP contribution in [0, 0.1) is 17.0 Å². The normalized spacial score (nSPS) is 11.3. The zero-order valence-corrected chi connectivity index (χ0v) is 11.1. The highest BCUT2D eigenvalue weighted by molar-refractivity contribution is 5.62. The third-order valence-corrected chi connectivity index (χ3v) is 3.27. The van der Waals surface area contributed by atoms with Crippen LogP contribution in [0.4, 0.5) is 11.4 Å². The summed E-state index contributed by atoms with van der Waals surface area (Å²) in [4.78, 5) is 10.5. The van der Waals surface area contributed by atoms with Gasteiger partial charge in [0, 0.05) is 12.6 Å². The third-order valence-electron chi connectivity index (χ3n) is 3.27. The molecule has 1 rings (SSSR count). The third kappa shape index (κ3) is 3.43. The zero-order chi connectivity index (χ0) is 13.8. The number of nitrogens with one attached hydrogen (secondary N) is 1. The fourth-order valence-electron chi connectivity index (χ4n) is 1.71. The Bertz CT molecular complexity index is 428. The van der Waals surface area contributed by atoms with Crippen LogP contribution >= 0.6 is 0 Å². The van der Waals surface area contributed by atoms with E-state index in [-0.39, 0.29) is 5.69 Å². The molecule has 0 heterocycles. The fraction of sp³-hybridized carbons (Fsp3) is 0.538. The first kappa shape index (κ1) is 14.4. The molecule has 0 aromatic heterocycles. The smallest absolute Gasteiger partial charge is 0.292 e. The van der Waals surface area contributed by atoms with Gasteiger partial charge in [0.05, 0.1) is 10.5 Å². The van der Waals surface area contributed by atoms with Crippen LogP contribution in [-0.2, 0) is 0 Å². The van der Waals surface area contributed by atoms with E-state index in [1.807, 2.05) is 20.8 Å². The van der Waals surface area contributed by atoms with E-state index < -0.39 is 10.5 Å². The average molecular weight is 252 g/mol. The number of hydrogen-bond donors (Lipinski definition) is 2. The van der Waals surface area contributed by atoms with Crippen molar-refractivity contribution in [2.45, 2.75) is 39.2 Å². The number of nitrogens with zero attached hydrogens (tertiary/aromatic N) is 1. The van der Waals surface area contributed by atoms with Gasteiger partial charge in [-0.1, -0.05) is 19.9 Å². The molecule has 0 atom stereocenters. The minimum Gasteiger partial charge on any atom is -0.388 e. The van der Waals surface area contributed by atoms with Crippen LogP contribution in [0.5, 0.6) is 0 Å². The van der Waals surface area contributed by atoms with Crippen molar-refractivity contribution >= 4 is 11.4 Å². The number of rotatable bonds is 6. The lowest BCUT2D eigenvalue weighted by Crippen LogP contribution is -2.35. The minimum atomic E-state index is -0.822. The summed E-state index contributed by atoms with van der Waals surface area (Å²) in [6.07, 6.45) is 1.21. The maximum absolute atomic E-state index is 10.9. The van der Waals surface area contributed by atoms with Crippen LogP contribution in [0.25, 0.3) is 0 Å². The molecule has 0 aliphatic heterocycles. The minimum absolute atomic E-state index is 0.0372. The van der Waals surface area contributed by atoms with E-state index >= 15 is 0 Å². The van der Waals surface area contributed by atoms with E-state index in [0.717, 1.165) is 5.56 Å². The molecule has 0 aliphatic carbocycles. The highest BCUT2D eigenvalue weighted by atomic mass is 16.6. The molecule has 0 saturated heterocycles. The van der Waals surface area contributed by atoms with Crippen molar-refractivity contribution < 1.29 is 10.0 Å². The molecular weight excluding hydrogens is 232 g/mol. The van der Waals surface area contributed by atoms with E-state index in [1.54, 1.807) is 12.1 Å². The second-order valence-corrected chi connectivity index (χ2v) is 4.56. The van der Waals surface area contributed by atoms with Gasteiger partial charge in [-0.3, -0.25) is 10.1 Å². The second-order valence-electron chi connectivity index (χ2n) is 4.56. The molecule has 18 heavy (non-hydrogen) atoms. The average Bonchev–Trinajstić information content (AvgIpc) is 2.35. The quantitative estimate of drug-likeness (QED) is 0.603. The lowest BCUT2D eigenvalue weighted by atomic mass is 9.97. The van der Waals surface area contributed by atoms with Crippen molar-refractivity contribution in [1.82, 2.24) is 0 Å². The second kappa shape index (κ2) is 5.82. The van der Waals surface area contributed by atoms with Crippen molar-refractivity contribution in [3.05, 3.63) is 33.9 Å². The summed E-state index contributed by atoms with van der Waals surface area (Å²) >= 11 is 0. The Morgan fingerprint density at radius 1 is 1.39 bits per heavy atom. The number of anilines is 1. The van der Waals surface area contributed by atoms with Gasteiger partial charge in [0.2, 0.25) is 0 Å². The van der Waals surface area contributed by atoms with Crippen molar-refractivity contribution in [3.8, 4) is 0 Å². The van der Waals surface area contributed by atoms with Gasteiger partial charge < -0.3 is 10.4 Å². The summed E-state index contributed by atoms with van der Waals surface area (Å²) in [6.45, 7) is 5.98. The van der Waals surface area contributed by atoms with Gasteiger partial charge in [-0.05, 0) is 31.4 Å². The molecule has 0 amide bonds. The number of aliphatic hydroxyl groups is 1. The Balaban J connectivity index is 2.90. The standard InChI is InChI=1S/C13H20N2O3/c1-4-13(16,5-2)9-14-11-8-10(3)6-7-12(11)15(17)18/h6-8,14,16H,4-5,9H2,1-3H3. The zero-order valence-electron chi connectivity index (χ0n) is 11.1. The molecule has 0 aliphatic rings. The summed E-state index contributed by atoms with van der Waals surface area (Å²) in [5.74, 6) is 0. The highest BCUT2D eigenvalue weighted by Crippen LogP contribution is 2.26. The molecule has 0 saturated carbocycles. The Kier molecular flexibility index (Phi) is 4.67. The van der Waals surface area contributed by atoms with Gasteiger partial charge in [0.25, 0.3) is 5.69 Å². The first-order chi connectivity index (χ1) is 8.41. The lowest BCUT2D eigenvalue weighted by molar-refractivity contribution is -0.384. The van der Waals surface area contributed by atoms with Gasteiger partial charge in [0.15, 0.2) is 0 Å². The number of nitro groups is 1. The molecule has 1 aromatic rings. The molecule has 0 unspecified atom stereocenters. The van der Waals surface area contributed by atoms with Gasteiger partial charge in [-0.2, -0.15) is 0 Å². The van der Waals surface area contributed by atoms with Crippen LogP contribution in [-0.4, -0.2) is 22.2 Å². The molecule has 2 N–H and O–H groups in total. The first-order valence-electron chi connectivity index (χ1n) is 6.13.